The summed E-state index contributed by atoms with van der Waals surface area (Å²) in [6.07, 6.45) is 9.42. The Bertz CT molecular complexity index is 1390. The van der Waals surface area contributed by atoms with E-state index in [2.05, 4.69) is 48.8 Å². The van der Waals surface area contributed by atoms with Crippen molar-refractivity contribution in [1.82, 2.24) is 40.2 Å². The predicted molar refractivity (Wildman–Crippen MR) is 154 cm³/mol. The van der Waals surface area contributed by atoms with Crippen LogP contribution in [0.3, 0.4) is 0 Å². The summed E-state index contributed by atoms with van der Waals surface area (Å²) in [6, 6.07) is 10.0. The van der Waals surface area contributed by atoms with Gasteiger partial charge in [-0.25, -0.2) is 4.98 Å². The monoisotopic (exact) mass is 529 g/mol. The number of fused-ring (bicyclic) bond motifs is 2. The Morgan fingerprint density at radius 2 is 1.85 bits per heavy atom. The number of aryl methyl sites for hydroxylation is 1. The Labute approximate surface area is 229 Å². The zero-order chi connectivity index (χ0) is 27.0. The molecule has 0 saturated carbocycles. The van der Waals surface area contributed by atoms with E-state index in [-0.39, 0.29) is 11.8 Å². The van der Waals surface area contributed by atoms with Gasteiger partial charge in [0.1, 0.15) is 0 Å². The van der Waals surface area contributed by atoms with Gasteiger partial charge in [-0.3, -0.25) is 9.78 Å². The predicted octanol–water partition coefficient (Wildman–Crippen LogP) is 4.28. The highest BCUT2D eigenvalue weighted by molar-refractivity contribution is 5.82. The lowest BCUT2D eigenvalue weighted by atomic mass is 9.99. The molecule has 1 fully saturated rings. The zero-order valence-corrected chi connectivity index (χ0v) is 23.1. The van der Waals surface area contributed by atoms with Crippen molar-refractivity contribution >= 4 is 33.9 Å². The number of benzene rings is 1. The molecule has 1 atom stereocenters. The summed E-state index contributed by atoms with van der Waals surface area (Å²) < 4.78 is 1.72. The van der Waals surface area contributed by atoms with Gasteiger partial charge in [0.25, 0.3) is 0 Å². The van der Waals surface area contributed by atoms with Crippen molar-refractivity contribution in [2.75, 3.05) is 38.0 Å². The molecule has 1 aliphatic rings. The maximum absolute atomic E-state index is 12.9. The van der Waals surface area contributed by atoms with Gasteiger partial charge in [-0.05, 0) is 70.0 Å². The van der Waals surface area contributed by atoms with Crippen LogP contribution >= 0.6 is 0 Å². The molecule has 1 amide bonds. The number of likely N-dealkylation sites (tertiary alicyclic amines) is 1. The van der Waals surface area contributed by atoms with E-state index >= 15 is 0 Å². The molecule has 1 saturated heterocycles. The highest BCUT2D eigenvalue weighted by Crippen LogP contribution is 2.20. The topological polar surface area (TPSA) is 114 Å². The first-order valence-electron chi connectivity index (χ1n) is 14.3. The first-order chi connectivity index (χ1) is 19.1. The van der Waals surface area contributed by atoms with Crippen LogP contribution in [0, 0.1) is 12.8 Å². The van der Waals surface area contributed by atoms with Crippen molar-refractivity contribution in [3.63, 3.8) is 0 Å². The highest BCUT2D eigenvalue weighted by atomic mass is 16.1. The number of carbonyl (C=O) groups excluding carboxylic acids is 1. The van der Waals surface area contributed by atoms with E-state index in [9.17, 15) is 4.79 Å². The third kappa shape index (κ3) is 6.86. The largest absolute Gasteiger partial charge is 0.355 e. The molecule has 0 bridgehead atoms. The third-order valence-electron chi connectivity index (χ3n) is 7.46. The average Bonchev–Trinajstić information content (AvgIpc) is 3.19. The van der Waals surface area contributed by atoms with Crippen molar-refractivity contribution in [3.05, 3.63) is 42.2 Å². The molecular formula is C29H39N9O. The van der Waals surface area contributed by atoms with Gasteiger partial charge < -0.3 is 15.5 Å². The number of amides is 1. The Morgan fingerprint density at radius 1 is 1.00 bits per heavy atom. The van der Waals surface area contributed by atoms with Crippen LogP contribution in [0.25, 0.3) is 27.8 Å². The number of hydrogen-bond acceptors (Lipinski definition) is 8. The van der Waals surface area contributed by atoms with Gasteiger partial charge in [0, 0.05) is 36.6 Å². The zero-order valence-electron chi connectivity index (χ0n) is 23.1. The maximum atomic E-state index is 12.9. The fourth-order valence-corrected chi connectivity index (χ4v) is 5.29. The SMILES string of the molecule is CCCC(CCNc1ncc2nnn(-c3ccc4nc(C)ccc4c3)c2n1)C(=O)NCCN1CCCCCC1. The van der Waals surface area contributed by atoms with Crippen molar-refractivity contribution in [3.8, 4) is 5.69 Å². The molecule has 206 valence electrons. The molecule has 4 heterocycles. The van der Waals surface area contributed by atoms with E-state index < -0.39 is 0 Å². The van der Waals surface area contributed by atoms with Crippen LogP contribution in [0.15, 0.2) is 36.5 Å². The van der Waals surface area contributed by atoms with Crippen LogP contribution < -0.4 is 10.6 Å². The Kier molecular flexibility index (Phi) is 8.93. The van der Waals surface area contributed by atoms with Gasteiger partial charge >= 0.3 is 0 Å². The molecule has 1 aliphatic heterocycles. The van der Waals surface area contributed by atoms with Gasteiger partial charge in [0.2, 0.25) is 11.9 Å². The van der Waals surface area contributed by atoms with Crippen molar-refractivity contribution < 1.29 is 4.79 Å². The molecular weight excluding hydrogens is 490 g/mol. The summed E-state index contributed by atoms with van der Waals surface area (Å²) in [5.74, 6) is 0.617. The Hall–Kier alpha value is -3.66. The molecule has 10 nitrogen and oxygen atoms in total. The van der Waals surface area contributed by atoms with Crippen LogP contribution in [0.1, 0.15) is 57.6 Å². The Balaban J connectivity index is 1.19. The molecule has 0 aliphatic carbocycles. The lowest BCUT2D eigenvalue weighted by molar-refractivity contribution is -0.125. The minimum Gasteiger partial charge on any atom is -0.355 e. The van der Waals surface area contributed by atoms with E-state index in [1.807, 2.05) is 31.2 Å². The first-order valence-corrected chi connectivity index (χ1v) is 14.3. The number of nitrogens with zero attached hydrogens (tertiary/aromatic N) is 7. The van der Waals surface area contributed by atoms with E-state index in [1.54, 1.807) is 10.9 Å². The highest BCUT2D eigenvalue weighted by Gasteiger charge is 2.18. The van der Waals surface area contributed by atoms with Crippen LogP contribution in [0.2, 0.25) is 0 Å². The van der Waals surface area contributed by atoms with E-state index in [4.69, 9.17) is 4.98 Å². The summed E-state index contributed by atoms with van der Waals surface area (Å²) >= 11 is 0. The Morgan fingerprint density at radius 3 is 2.67 bits per heavy atom. The summed E-state index contributed by atoms with van der Waals surface area (Å²) in [7, 11) is 0. The van der Waals surface area contributed by atoms with Gasteiger partial charge in [-0.1, -0.05) is 37.5 Å². The molecule has 4 aromatic rings. The van der Waals surface area contributed by atoms with Crippen molar-refractivity contribution in [2.24, 2.45) is 5.92 Å². The van der Waals surface area contributed by atoms with Crippen LogP contribution in [-0.2, 0) is 4.79 Å². The summed E-state index contributed by atoms with van der Waals surface area (Å²) in [6.45, 7) is 8.67. The van der Waals surface area contributed by atoms with Gasteiger partial charge in [-0.15, -0.1) is 5.10 Å². The standard InChI is InChI=1S/C29H39N9O/c1-3-8-22(28(39)30-15-18-37-16-6-4-5-7-17-37)13-14-31-29-32-20-26-27(34-29)38(36-35-26)24-11-12-25-23(19-24)10-9-21(2)33-25/h9-12,19-20,22H,3-8,13-18H2,1-2H3,(H,30,39)(H,31,32,34). The molecule has 1 unspecified atom stereocenters. The lowest BCUT2D eigenvalue weighted by Crippen LogP contribution is -2.38. The number of aromatic nitrogens is 6. The minimum absolute atomic E-state index is 0.0302. The fraction of sp³-hybridized carbons (Fsp3) is 0.517. The molecule has 1 aromatic carbocycles. The number of anilines is 1. The lowest BCUT2D eigenvalue weighted by Gasteiger charge is -2.21. The van der Waals surface area contributed by atoms with Crippen molar-refractivity contribution in [1.29, 1.82) is 0 Å². The third-order valence-corrected chi connectivity index (χ3v) is 7.46. The van der Waals surface area contributed by atoms with E-state index in [1.165, 1.54) is 25.7 Å². The molecule has 3 aromatic heterocycles. The second kappa shape index (κ2) is 12.9. The number of hydrogen-bond donors (Lipinski definition) is 2. The molecule has 5 rings (SSSR count). The van der Waals surface area contributed by atoms with Gasteiger partial charge in [0.15, 0.2) is 11.2 Å². The first kappa shape index (κ1) is 26.9. The van der Waals surface area contributed by atoms with Crippen LogP contribution in [-0.4, -0.2) is 73.5 Å². The van der Waals surface area contributed by atoms with E-state index in [0.717, 1.165) is 61.2 Å². The summed E-state index contributed by atoms with van der Waals surface area (Å²) in [5, 5.41) is 16.1. The second-order valence-electron chi connectivity index (χ2n) is 10.5. The maximum Gasteiger partial charge on any atom is 0.224 e. The normalized spacial score (nSPS) is 15.3. The van der Waals surface area contributed by atoms with Crippen LogP contribution in [0.4, 0.5) is 5.95 Å². The average molecular weight is 530 g/mol. The second-order valence-corrected chi connectivity index (χ2v) is 10.5. The van der Waals surface area contributed by atoms with Gasteiger partial charge in [-0.2, -0.15) is 9.67 Å². The summed E-state index contributed by atoms with van der Waals surface area (Å²) in [4.78, 5) is 29.1. The molecule has 2 N–H and O–H groups in total. The number of nitrogens with one attached hydrogen (secondary N) is 2. The smallest absolute Gasteiger partial charge is 0.224 e. The summed E-state index contributed by atoms with van der Waals surface area (Å²) in [5.41, 5.74) is 4.03. The van der Waals surface area contributed by atoms with Crippen LogP contribution in [0.5, 0.6) is 0 Å². The van der Waals surface area contributed by atoms with Gasteiger partial charge in [0.05, 0.1) is 17.4 Å². The quantitative estimate of drug-likeness (QED) is 0.296. The fourth-order valence-electron chi connectivity index (χ4n) is 5.29. The molecule has 10 heteroatoms. The van der Waals surface area contributed by atoms with E-state index in [0.29, 0.717) is 30.2 Å². The minimum atomic E-state index is -0.0302. The number of rotatable bonds is 11. The number of carbonyl (C=O) groups is 1. The molecule has 0 spiro atoms. The number of pyridine rings is 1. The molecule has 0 radical (unpaired) electrons. The molecule has 39 heavy (non-hydrogen) atoms. The van der Waals surface area contributed by atoms with Crippen molar-refractivity contribution in [2.45, 2.75) is 58.8 Å².